The monoisotopic (exact) mass is 405 g/mol. The number of aliphatic hydroxyl groups excluding tert-OH is 1. The van der Waals surface area contributed by atoms with Crippen LogP contribution in [0.5, 0.6) is 0 Å². The predicted octanol–water partition coefficient (Wildman–Crippen LogP) is 3.52. The molecular formula is C23H20FN3O3. The lowest BCUT2D eigenvalue weighted by atomic mass is 9.95. The second-order valence-electron chi connectivity index (χ2n) is 7.24. The number of ketones is 1. The molecule has 0 unspecified atom stereocenters. The zero-order chi connectivity index (χ0) is 21.3. The fourth-order valence-corrected chi connectivity index (χ4v) is 3.66. The molecule has 4 rings (SSSR count). The van der Waals surface area contributed by atoms with Gasteiger partial charge in [-0.1, -0.05) is 42.0 Å². The van der Waals surface area contributed by atoms with E-state index in [1.807, 2.05) is 6.92 Å². The van der Waals surface area contributed by atoms with E-state index in [0.717, 1.165) is 11.3 Å². The summed E-state index contributed by atoms with van der Waals surface area (Å²) in [6.45, 7) is 2.11. The quantitative estimate of drug-likeness (QED) is 0.386. The van der Waals surface area contributed by atoms with Gasteiger partial charge in [0.2, 0.25) is 0 Å². The number of hydrogen-bond donors (Lipinski definition) is 2. The first kappa shape index (κ1) is 19.6. The number of nitrogens with one attached hydrogen (secondary N) is 1. The lowest BCUT2D eigenvalue weighted by Gasteiger charge is -2.25. The number of carbonyl (C=O) groups is 2. The number of nitrogens with zero attached hydrogens (tertiary/aromatic N) is 2. The highest BCUT2D eigenvalue weighted by molar-refractivity contribution is 6.46. The van der Waals surface area contributed by atoms with Crippen LogP contribution in [0.4, 0.5) is 4.39 Å². The third kappa shape index (κ3) is 3.61. The smallest absolute Gasteiger partial charge is 0.295 e. The third-order valence-electron chi connectivity index (χ3n) is 5.21. The molecule has 0 spiro atoms. The summed E-state index contributed by atoms with van der Waals surface area (Å²) >= 11 is 0. The number of halogens is 1. The number of aryl methyl sites for hydroxylation is 1. The summed E-state index contributed by atoms with van der Waals surface area (Å²) < 4.78 is 14.0. The van der Waals surface area contributed by atoms with E-state index in [-0.39, 0.29) is 17.9 Å². The molecule has 0 aliphatic carbocycles. The van der Waals surface area contributed by atoms with Crippen molar-refractivity contribution in [2.75, 3.05) is 6.54 Å². The lowest BCUT2D eigenvalue weighted by Crippen LogP contribution is -2.31. The van der Waals surface area contributed by atoms with Crippen LogP contribution in [0.25, 0.3) is 5.76 Å². The van der Waals surface area contributed by atoms with E-state index in [1.54, 1.807) is 36.5 Å². The molecule has 2 N–H and O–H groups in total. The molecule has 0 radical (unpaired) electrons. The Bertz CT molecular complexity index is 1120. The van der Waals surface area contributed by atoms with Crippen LogP contribution >= 0.6 is 0 Å². The van der Waals surface area contributed by atoms with Crippen LogP contribution in [0.15, 0.2) is 66.6 Å². The van der Waals surface area contributed by atoms with Crippen molar-refractivity contribution in [2.24, 2.45) is 0 Å². The Morgan fingerprint density at radius 3 is 2.63 bits per heavy atom. The highest BCUT2D eigenvalue weighted by Crippen LogP contribution is 2.39. The number of imidazole rings is 1. The van der Waals surface area contributed by atoms with Crippen molar-refractivity contribution in [3.05, 3.63) is 94.8 Å². The number of H-pyrrole nitrogens is 1. The summed E-state index contributed by atoms with van der Waals surface area (Å²) in [6.07, 6.45) is 3.61. The van der Waals surface area contributed by atoms with Gasteiger partial charge in [0.1, 0.15) is 11.6 Å². The van der Waals surface area contributed by atoms with Crippen LogP contribution in [0.2, 0.25) is 0 Å². The number of amides is 1. The molecule has 1 aliphatic rings. The van der Waals surface area contributed by atoms with E-state index in [4.69, 9.17) is 0 Å². The molecular weight excluding hydrogens is 385 g/mol. The molecule has 2 aromatic carbocycles. The van der Waals surface area contributed by atoms with Crippen LogP contribution in [-0.4, -0.2) is 38.2 Å². The third-order valence-corrected chi connectivity index (χ3v) is 5.21. The highest BCUT2D eigenvalue weighted by Gasteiger charge is 2.45. The minimum atomic E-state index is -0.884. The largest absolute Gasteiger partial charge is 0.507 e. The molecule has 0 saturated carbocycles. The van der Waals surface area contributed by atoms with Gasteiger partial charge in [-0.2, -0.15) is 0 Å². The number of rotatable bonds is 5. The van der Waals surface area contributed by atoms with Gasteiger partial charge in [-0.05, 0) is 24.6 Å². The summed E-state index contributed by atoms with van der Waals surface area (Å²) in [6, 6.07) is 11.8. The van der Waals surface area contributed by atoms with E-state index in [9.17, 15) is 19.1 Å². The number of carbonyl (C=O) groups excluding carboxylic acids is 2. The SMILES string of the molecule is Cc1ccc(C(O)=C2C(=O)C(=O)N(CCc3cnc[nH]3)[C@H]2c2cccc(F)c2)cc1. The molecule has 2 heterocycles. The van der Waals surface area contributed by atoms with Crippen molar-refractivity contribution in [2.45, 2.75) is 19.4 Å². The Hall–Kier alpha value is -3.74. The van der Waals surface area contributed by atoms with E-state index in [1.165, 1.54) is 29.4 Å². The Labute approximate surface area is 172 Å². The minimum absolute atomic E-state index is 0.0425. The summed E-state index contributed by atoms with van der Waals surface area (Å²) in [5, 5.41) is 10.9. The number of aromatic amines is 1. The van der Waals surface area contributed by atoms with Crippen molar-refractivity contribution in [1.29, 1.82) is 0 Å². The Balaban J connectivity index is 1.80. The first-order chi connectivity index (χ1) is 14.5. The molecule has 1 amide bonds. The summed E-state index contributed by atoms with van der Waals surface area (Å²) in [5.74, 6) is -2.27. The van der Waals surface area contributed by atoms with Crippen LogP contribution in [0.3, 0.4) is 0 Å². The molecule has 7 heteroatoms. The van der Waals surface area contributed by atoms with Gasteiger partial charge in [-0.15, -0.1) is 0 Å². The fourth-order valence-electron chi connectivity index (χ4n) is 3.66. The maximum absolute atomic E-state index is 14.0. The van der Waals surface area contributed by atoms with Gasteiger partial charge in [0.25, 0.3) is 11.7 Å². The van der Waals surface area contributed by atoms with Crippen molar-refractivity contribution < 1.29 is 19.1 Å². The van der Waals surface area contributed by atoms with Gasteiger partial charge in [0, 0.05) is 30.4 Å². The molecule has 152 valence electrons. The lowest BCUT2D eigenvalue weighted by molar-refractivity contribution is -0.139. The molecule has 0 bridgehead atoms. The number of benzene rings is 2. The van der Waals surface area contributed by atoms with Crippen molar-refractivity contribution >= 4 is 17.4 Å². The van der Waals surface area contributed by atoms with Crippen LogP contribution in [0, 0.1) is 12.7 Å². The number of aromatic nitrogens is 2. The Morgan fingerprint density at radius 1 is 1.20 bits per heavy atom. The molecule has 1 aliphatic heterocycles. The summed E-state index contributed by atoms with van der Waals surface area (Å²) in [5.41, 5.74) is 2.60. The second kappa shape index (κ2) is 7.94. The van der Waals surface area contributed by atoms with Crippen molar-refractivity contribution in [3.63, 3.8) is 0 Å². The average molecular weight is 405 g/mol. The molecule has 1 saturated heterocycles. The van der Waals surface area contributed by atoms with Gasteiger partial charge in [-0.25, -0.2) is 9.37 Å². The van der Waals surface area contributed by atoms with E-state index < -0.39 is 23.5 Å². The zero-order valence-corrected chi connectivity index (χ0v) is 16.3. The first-order valence-corrected chi connectivity index (χ1v) is 9.54. The van der Waals surface area contributed by atoms with Gasteiger partial charge in [0.15, 0.2) is 0 Å². The highest BCUT2D eigenvalue weighted by atomic mass is 19.1. The molecule has 1 aromatic heterocycles. The van der Waals surface area contributed by atoms with E-state index >= 15 is 0 Å². The number of hydrogen-bond acceptors (Lipinski definition) is 4. The molecule has 30 heavy (non-hydrogen) atoms. The number of aliphatic hydroxyl groups is 1. The number of Topliss-reactive ketones (excluding diaryl/α,β-unsaturated/α-hetero) is 1. The number of likely N-dealkylation sites (tertiary alicyclic amines) is 1. The van der Waals surface area contributed by atoms with Crippen LogP contribution in [-0.2, 0) is 16.0 Å². The van der Waals surface area contributed by atoms with Gasteiger partial charge >= 0.3 is 0 Å². The second-order valence-corrected chi connectivity index (χ2v) is 7.24. The molecule has 1 fully saturated rings. The summed E-state index contributed by atoms with van der Waals surface area (Å²) in [4.78, 5) is 34.0. The van der Waals surface area contributed by atoms with E-state index in [2.05, 4.69) is 9.97 Å². The Kier molecular flexibility index (Phi) is 5.18. The van der Waals surface area contributed by atoms with Crippen LogP contribution in [0.1, 0.15) is 28.4 Å². The van der Waals surface area contributed by atoms with Gasteiger partial charge in [0.05, 0.1) is 17.9 Å². The maximum Gasteiger partial charge on any atom is 0.295 e. The van der Waals surface area contributed by atoms with E-state index in [0.29, 0.717) is 17.5 Å². The fraction of sp³-hybridized carbons (Fsp3) is 0.174. The molecule has 6 nitrogen and oxygen atoms in total. The van der Waals surface area contributed by atoms with Crippen molar-refractivity contribution in [3.8, 4) is 0 Å². The first-order valence-electron chi connectivity index (χ1n) is 9.54. The Morgan fingerprint density at radius 2 is 1.97 bits per heavy atom. The minimum Gasteiger partial charge on any atom is -0.507 e. The standard InChI is InChI=1S/C23H20FN3O3/c1-14-5-7-15(8-6-14)21(28)19-20(16-3-2-4-17(24)11-16)27(23(30)22(19)29)10-9-18-12-25-13-26-18/h2-8,11-13,20,28H,9-10H2,1H3,(H,25,26)/t20-/m0/s1. The molecule has 3 aromatic rings. The molecule has 1 atom stereocenters. The summed E-state index contributed by atoms with van der Waals surface area (Å²) in [7, 11) is 0. The van der Waals surface area contributed by atoms with Gasteiger partial charge in [-0.3, -0.25) is 9.59 Å². The van der Waals surface area contributed by atoms with Gasteiger partial charge < -0.3 is 15.0 Å². The predicted molar refractivity (Wildman–Crippen MR) is 109 cm³/mol. The maximum atomic E-state index is 14.0. The zero-order valence-electron chi connectivity index (χ0n) is 16.3. The topological polar surface area (TPSA) is 86.3 Å². The van der Waals surface area contributed by atoms with Crippen LogP contribution < -0.4 is 0 Å². The average Bonchev–Trinajstić information content (AvgIpc) is 3.34. The van der Waals surface area contributed by atoms with Crippen molar-refractivity contribution in [1.82, 2.24) is 14.9 Å². The normalized spacial score (nSPS) is 18.2.